The third-order valence-corrected chi connectivity index (χ3v) is 2.59. The molecule has 1 heterocycles. The first-order valence-electron chi connectivity index (χ1n) is 4.83. The van der Waals surface area contributed by atoms with Crippen molar-refractivity contribution in [3.8, 4) is 0 Å². The maximum absolute atomic E-state index is 11.2. The van der Waals surface area contributed by atoms with Gasteiger partial charge in [-0.2, -0.15) is 0 Å². The van der Waals surface area contributed by atoms with Crippen molar-refractivity contribution in [2.24, 2.45) is 11.7 Å². The molecule has 0 aromatic rings. The predicted molar refractivity (Wildman–Crippen MR) is 53.3 cm³/mol. The second kappa shape index (κ2) is 4.79. The van der Waals surface area contributed by atoms with Crippen molar-refractivity contribution in [3.63, 3.8) is 0 Å². The van der Waals surface area contributed by atoms with Crippen LogP contribution in [0.4, 0.5) is 0 Å². The lowest BCUT2D eigenvalue weighted by Gasteiger charge is -2.30. The molecule has 1 saturated heterocycles. The van der Waals surface area contributed by atoms with Crippen LogP contribution in [0.5, 0.6) is 0 Å². The zero-order valence-corrected chi connectivity index (χ0v) is 8.24. The van der Waals surface area contributed by atoms with E-state index in [0.29, 0.717) is 25.4 Å². The third-order valence-electron chi connectivity index (χ3n) is 2.59. The van der Waals surface area contributed by atoms with Gasteiger partial charge in [-0.25, -0.2) is 0 Å². The van der Waals surface area contributed by atoms with Crippen molar-refractivity contribution < 1.29 is 9.59 Å². The summed E-state index contributed by atoms with van der Waals surface area (Å²) in [5.41, 5.74) is 5.11. The number of nitrogens with two attached hydrogens (primary N) is 1. The van der Waals surface area contributed by atoms with Gasteiger partial charge in [-0.15, -0.1) is 0 Å². The van der Waals surface area contributed by atoms with Gasteiger partial charge in [-0.1, -0.05) is 6.58 Å². The molecule has 1 fully saturated rings. The number of carbonyl (C=O) groups is 2. The summed E-state index contributed by atoms with van der Waals surface area (Å²) >= 11 is 0. The van der Waals surface area contributed by atoms with Crippen LogP contribution in [0.15, 0.2) is 12.7 Å². The van der Waals surface area contributed by atoms with E-state index in [2.05, 4.69) is 6.58 Å². The van der Waals surface area contributed by atoms with Gasteiger partial charge in [0.2, 0.25) is 11.8 Å². The van der Waals surface area contributed by atoms with Crippen LogP contribution in [0.1, 0.15) is 19.3 Å². The van der Waals surface area contributed by atoms with Gasteiger partial charge < -0.3 is 10.6 Å². The maximum Gasteiger partial charge on any atom is 0.245 e. The van der Waals surface area contributed by atoms with Crippen LogP contribution >= 0.6 is 0 Å². The van der Waals surface area contributed by atoms with E-state index in [1.54, 1.807) is 4.90 Å². The SMILES string of the molecule is C=CC(=O)N1CCC(CC(N)=O)CC1. The summed E-state index contributed by atoms with van der Waals surface area (Å²) in [5, 5.41) is 0. The highest BCUT2D eigenvalue weighted by Crippen LogP contribution is 2.20. The molecule has 0 unspecified atom stereocenters. The molecule has 0 aromatic carbocycles. The minimum atomic E-state index is -0.251. The third kappa shape index (κ3) is 2.87. The molecule has 4 nitrogen and oxygen atoms in total. The normalized spacial score (nSPS) is 17.9. The average molecular weight is 196 g/mol. The van der Waals surface area contributed by atoms with Gasteiger partial charge in [0, 0.05) is 19.5 Å². The number of carbonyl (C=O) groups excluding carboxylic acids is 2. The average Bonchev–Trinajstić information content (AvgIpc) is 2.17. The lowest BCUT2D eigenvalue weighted by molar-refractivity contribution is -0.127. The summed E-state index contributed by atoms with van der Waals surface area (Å²) in [7, 11) is 0. The maximum atomic E-state index is 11.2. The zero-order valence-electron chi connectivity index (χ0n) is 8.24. The van der Waals surface area contributed by atoms with E-state index in [-0.39, 0.29) is 11.8 Å². The number of piperidine rings is 1. The van der Waals surface area contributed by atoms with Gasteiger partial charge in [-0.05, 0) is 24.8 Å². The Bertz CT molecular complexity index is 243. The van der Waals surface area contributed by atoms with Crippen molar-refractivity contribution in [3.05, 3.63) is 12.7 Å². The topological polar surface area (TPSA) is 63.4 Å². The van der Waals surface area contributed by atoms with Gasteiger partial charge in [-0.3, -0.25) is 9.59 Å². The molecule has 1 rings (SSSR count). The summed E-state index contributed by atoms with van der Waals surface area (Å²) in [4.78, 5) is 23.6. The second-order valence-corrected chi connectivity index (χ2v) is 3.64. The molecule has 0 atom stereocenters. The van der Waals surface area contributed by atoms with Gasteiger partial charge in [0.15, 0.2) is 0 Å². The first-order valence-corrected chi connectivity index (χ1v) is 4.83. The summed E-state index contributed by atoms with van der Waals surface area (Å²) in [6.07, 6.45) is 3.50. The molecular weight excluding hydrogens is 180 g/mol. The highest BCUT2D eigenvalue weighted by Gasteiger charge is 2.22. The molecule has 0 spiro atoms. The number of amides is 2. The first-order chi connectivity index (χ1) is 6.63. The Morgan fingerprint density at radius 3 is 2.43 bits per heavy atom. The summed E-state index contributed by atoms with van der Waals surface area (Å²) in [5.74, 6) is 0.0717. The Labute approximate surface area is 83.8 Å². The van der Waals surface area contributed by atoms with Crippen molar-refractivity contribution >= 4 is 11.8 Å². The molecule has 0 bridgehead atoms. The standard InChI is InChI=1S/C10H16N2O2/c1-2-10(14)12-5-3-8(4-6-12)7-9(11)13/h2,8H,1,3-7H2,(H2,11,13). The van der Waals surface area contributed by atoms with E-state index < -0.39 is 0 Å². The molecule has 0 saturated carbocycles. The molecule has 78 valence electrons. The minimum absolute atomic E-state index is 0.0254. The van der Waals surface area contributed by atoms with Gasteiger partial charge in [0.05, 0.1) is 0 Å². The van der Waals surface area contributed by atoms with E-state index in [0.717, 1.165) is 12.8 Å². The van der Waals surface area contributed by atoms with Crippen molar-refractivity contribution in [2.75, 3.05) is 13.1 Å². The Morgan fingerprint density at radius 2 is 2.00 bits per heavy atom. The van der Waals surface area contributed by atoms with E-state index in [1.807, 2.05) is 0 Å². The summed E-state index contributed by atoms with van der Waals surface area (Å²) in [6, 6.07) is 0. The fraction of sp³-hybridized carbons (Fsp3) is 0.600. The van der Waals surface area contributed by atoms with Crippen LogP contribution in [0.2, 0.25) is 0 Å². The second-order valence-electron chi connectivity index (χ2n) is 3.64. The van der Waals surface area contributed by atoms with E-state index in [4.69, 9.17) is 5.73 Å². The number of hydrogen-bond donors (Lipinski definition) is 1. The van der Waals surface area contributed by atoms with Crippen LogP contribution in [-0.4, -0.2) is 29.8 Å². The van der Waals surface area contributed by atoms with Crippen LogP contribution < -0.4 is 5.73 Å². The molecule has 14 heavy (non-hydrogen) atoms. The lowest BCUT2D eigenvalue weighted by Crippen LogP contribution is -2.38. The van der Waals surface area contributed by atoms with Crippen LogP contribution in [-0.2, 0) is 9.59 Å². The summed E-state index contributed by atoms with van der Waals surface area (Å²) < 4.78 is 0. The fourth-order valence-electron chi connectivity index (χ4n) is 1.77. The van der Waals surface area contributed by atoms with E-state index >= 15 is 0 Å². The fourth-order valence-corrected chi connectivity index (χ4v) is 1.77. The van der Waals surface area contributed by atoms with Crippen LogP contribution in [0, 0.1) is 5.92 Å². The molecule has 2 N–H and O–H groups in total. The highest BCUT2D eigenvalue weighted by molar-refractivity contribution is 5.87. The number of hydrogen-bond acceptors (Lipinski definition) is 2. The monoisotopic (exact) mass is 196 g/mol. The quantitative estimate of drug-likeness (QED) is 0.659. The van der Waals surface area contributed by atoms with Crippen molar-refractivity contribution in [1.29, 1.82) is 0 Å². The Kier molecular flexibility index (Phi) is 3.68. The van der Waals surface area contributed by atoms with Gasteiger partial charge >= 0.3 is 0 Å². The van der Waals surface area contributed by atoms with Gasteiger partial charge in [0.1, 0.15) is 0 Å². The van der Waals surface area contributed by atoms with Crippen LogP contribution in [0.25, 0.3) is 0 Å². The molecule has 1 aliphatic heterocycles. The molecule has 0 radical (unpaired) electrons. The van der Waals surface area contributed by atoms with E-state index in [9.17, 15) is 9.59 Å². The van der Waals surface area contributed by atoms with Gasteiger partial charge in [0.25, 0.3) is 0 Å². The molecule has 2 amide bonds. The smallest absolute Gasteiger partial charge is 0.245 e. The number of likely N-dealkylation sites (tertiary alicyclic amines) is 1. The number of rotatable bonds is 3. The first kappa shape index (κ1) is 10.8. The Balaban J connectivity index is 2.34. The molecule has 0 aliphatic carbocycles. The minimum Gasteiger partial charge on any atom is -0.370 e. The number of nitrogens with zero attached hydrogens (tertiary/aromatic N) is 1. The largest absolute Gasteiger partial charge is 0.370 e. The molecule has 4 heteroatoms. The van der Waals surface area contributed by atoms with Crippen molar-refractivity contribution in [1.82, 2.24) is 4.90 Å². The Morgan fingerprint density at radius 1 is 1.43 bits per heavy atom. The predicted octanol–water partition coefficient (Wildman–Crippen LogP) is 0.286. The molecule has 0 aromatic heterocycles. The highest BCUT2D eigenvalue weighted by atomic mass is 16.2. The van der Waals surface area contributed by atoms with Crippen LogP contribution in [0.3, 0.4) is 0 Å². The molecule has 1 aliphatic rings. The number of primary amides is 1. The van der Waals surface area contributed by atoms with Crippen molar-refractivity contribution in [2.45, 2.75) is 19.3 Å². The summed E-state index contributed by atoms with van der Waals surface area (Å²) in [6.45, 7) is 4.86. The zero-order chi connectivity index (χ0) is 10.6. The molecular formula is C10H16N2O2. The van der Waals surface area contributed by atoms with E-state index in [1.165, 1.54) is 6.08 Å². The lowest BCUT2D eigenvalue weighted by atomic mass is 9.93. The Hall–Kier alpha value is -1.32.